The Kier molecular flexibility index (Phi) is 6.53. The molecule has 0 spiro atoms. The van der Waals surface area contributed by atoms with Crippen molar-refractivity contribution in [2.75, 3.05) is 37.6 Å². The number of nitrogens with zero attached hydrogens (tertiary/aromatic N) is 2. The summed E-state index contributed by atoms with van der Waals surface area (Å²) in [5.74, 6) is 0.309. The Morgan fingerprint density at radius 2 is 1.62 bits per heavy atom. The molecule has 1 aromatic rings. The molecular weight excluding hydrogens is 298 g/mol. The highest BCUT2D eigenvalue weighted by Crippen LogP contribution is 2.18. The first-order chi connectivity index (χ1) is 11.8. The minimum atomic E-state index is 0.309. The molecular formula is C20H31N3O. The number of para-hydroxylation sites is 1. The van der Waals surface area contributed by atoms with Gasteiger partial charge in [-0.25, -0.2) is 0 Å². The Morgan fingerprint density at radius 1 is 0.958 bits per heavy atom. The number of anilines is 1. The molecule has 0 atom stereocenters. The topological polar surface area (TPSA) is 35.6 Å². The number of benzene rings is 1. The predicted molar refractivity (Wildman–Crippen MR) is 99.3 cm³/mol. The van der Waals surface area contributed by atoms with E-state index in [4.69, 9.17) is 0 Å². The fourth-order valence-electron chi connectivity index (χ4n) is 3.88. The molecule has 3 rings (SSSR count). The van der Waals surface area contributed by atoms with Gasteiger partial charge in [-0.2, -0.15) is 0 Å². The van der Waals surface area contributed by atoms with Gasteiger partial charge in [-0.1, -0.05) is 43.9 Å². The van der Waals surface area contributed by atoms with Gasteiger partial charge < -0.3 is 15.1 Å². The summed E-state index contributed by atoms with van der Waals surface area (Å²) in [4.78, 5) is 16.8. The van der Waals surface area contributed by atoms with Crippen molar-refractivity contribution < 1.29 is 4.79 Å². The van der Waals surface area contributed by atoms with Crippen LogP contribution in [0, 0.1) is 0 Å². The molecule has 132 valence electrons. The second kappa shape index (κ2) is 9.07. The maximum absolute atomic E-state index is 12.4. The van der Waals surface area contributed by atoms with Crippen molar-refractivity contribution in [3.05, 3.63) is 30.3 Å². The molecule has 0 radical (unpaired) electrons. The van der Waals surface area contributed by atoms with Gasteiger partial charge in [-0.3, -0.25) is 4.79 Å². The molecule has 2 fully saturated rings. The third kappa shape index (κ3) is 4.97. The van der Waals surface area contributed by atoms with Crippen LogP contribution in [-0.4, -0.2) is 49.6 Å². The second-order valence-electron chi connectivity index (χ2n) is 7.10. The second-order valence-corrected chi connectivity index (χ2v) is 7.10. The number of nitrogens with one attached hydrogen (secondary N) is 1. The number of hydrogen-bond acceptors (Lipinski definition) is 3. The van der Waals surface area contributed by atoms with Crippen molar-refractivity contribution in [3.8, 4) is 0 Å². The lowest BCUT2D eigenvalue weighted by Crippen LogP contribution is -2.49. The molecule has 1 amide bonds. The van der Waals surface area contributed by atoms with E-state index in [1.165, 1.54) is 44.2 Å². The van der Waals surface area contributed by atoms with E-state index in [-0.39, 0.29) is 0 Å². The van der Waals surface area contributed by atoms with Gasteiger partial charge in [0.15, 0.2) is 0 Å². The monoisotopic (exact) mass is 329 g/mol. The summed E-state index contributed by atoms with van der Waals surface area (Å²) in [5.41, 5.74) is 1.26. The highest BCUT2D eigenvalue weighted by Gasteiger charge is 2.21. The van der Waals surface area contributed by atoms with E-state index in [9.17, 15) is 4.79 Å². The Labute approximate surface area is 146 Å². The predicted octanol–water partition coefficient (Wildman–Crippen LogP) is 3.04. The molecule has 1 heterocycles. The van der Waals surface area contributed by atoms with Crippen molar-refractivity contribution in [1.82, 2.24) is 10.2 Å². The number of amides is 1. The number of piperazine rings is 1. The molecule has 0 unspecified atom stereocenters. The van der Waals surface area contributed by atoms with Crippen molar-refractivity contribution in [2.45, 2.75) is 51.0 Å². The molecule has 1 aliphatic heterocycles. The average molecular weight is 329 g/mol. The van der Waals surface area contributed by atoms with E-state index in [2.05, 4.69) is 34.5 Å². The van der Waals surface area contributed by atoms with Crippen LogP contribution in [0.3, 0.4) is 0 Å². The molecule has 2 aliphatic rings. The van der Waals surface area contributed by atoms with Crippen LogP contribution in [0.5, 0.6) is 0 Å². The van der Waals surface area contributed by atoms with Crippen molar-refractivity contribution in [3.63, 3.8) is 0 Å². The van der Waals surface area contributed by atoms with Crippen LogP contribution >= 0.6 is 0 Å². The van der Waals surface area contributed by atoms with Gasteiger partial charge in [-0.15, -0.1) is 0 Å². The van der Waals surface area contributed by atoms with Gasteiger partial charge in [0.1, 0.15) is 0 Å². The zero-order valence-corrected chi connectivity index (χ0v) is 14.8. The van der Waals surface area contributed by atoms with Crippen LogP contribution in [0.1, 0.15) is 44.9 Å². The lowest BCUT2D eigenvalue weighted by Gasteiger charge is -2.36. The van der Waals surface area contributed by atoms with Crippen LogP contribution in [0.15, 0.2) is 30.3 Å². The molecule has 0 aromatic heterocycles. The number of hydrogen-bond donors (Lipinski definition) is 1. The van der Waals surface area contributed by atoms with E-state index in [0.717, 1.165) is 32.7 Å². The number of rotatable bonds is 5. The summed E-state index contributed by atoms with van der Waals surface area (Å²) in [6.07, 6.45) is 8.64. The molecule has 4 heteroatoms. The van der Waals surface area contributed by atoms with Crippen molar-refractivity contribution in [1.29, 1.82) is 0 Å². The molecule has 24 heavy (non-hydrogen) atoms. The van der Waals surface area contributed by atoms with E-state index < -0.39 is 0 Å². The van der Waals surface area contributed by atoms with E-state index >= 15 is 0 Å². The van der Waals surface area contributed by atoms with Gasteiger partial charge >= 0.3 is 0 Å². The summed E-state index contributed by atoms with van der Waals surface area (Å²) in [6.45, 7) is 4.40. The number of carbonyl (C=O) groups is 1. The Balaban J connectivity index is 1.36. The molecule has 1 N–H and O–H groups in total. The zero-order valence-electron chi connectivity index (χ0n) is 14.8. The minimum absolute atomic E-state index is 0.309. The van der Waals surface area contributed by atoms with Gasteiger partial charge in [0.2, 0.25) is 5.91 Å². The van der Waals surface area contributed by atoms with Gasteiger partial charge in [0, 0.05) is 50.9 Å². The third-order valence-corrected chi connectivity index (χ3v) is 5.38. The average Bonchev–Trinajstić information content (AvgIpc) is 2.91. The molecule has 1 saturated carbocycles. The molecule has 1 aromatic carbocycles. The lowest BCUT2D eigenvalue weighted by molar-refractivity contribution is -0.131. The molecule has 4 nitrogen and oxygen atoms in total. The Bertz CT molecular complexity index is 489. The highest BCUT2D eigenvalue weighted by molar-refractivity contribution is 5.76. The third-order valence-electron chi connectivity index (χ3n) is 5.38. The number of carbonyl (C=O) groups excluding carboxylic acids is 1. The van der Waals surface area contributed by atoms with Crippen LogP contribution in [0.4, 0.5) is 5.69 Å². The summed E-state index contributed by atoms with van der Waals surface area (Å²) < 4.78 is 0. The maximum Gasteiger partial charge on any atom is 0.223 e. The van der Waals surface area contributed by atoms with Crippen LogP contribution < -0.4 is 10.2 Å². The Morgan fingerprint density at radius 3 is 2.29 bits per heavy atom. The summed E-state index contributed by atoms with van der Waals surface area (Å²) in [6, 6.07) is 11.1. The highest BCUT2D eigenvalue weighted by atomic mass is 16.2. The smallest absolute Gasteiger partial charge is 0.223 e. The van der Waals surface area contributed by atoms with Crippen LogP contribution in [0.2, 0.25) is 0 Å². The molecule has 1 aliphatic carbocycles. The van der Waals surface area contributed by atoms with E-state index in [1.54, 1.807) is 0 Å². The summed E-state index contributed by atoms with van der Waals surface area (Å²) in [5, 5.41) is 3.61. The summed E-state index contributed by atoms with van der Waals surface area (Å²) >= 11 is 0. The minimum Gasteiger partial charge on any atom is -0.368 e. The Hall–Kier alpha value is -1.55. The fourth-order valence-corrected chi connectivity index (χ4v) is 3.88. The first-order valence-corrected chi connectivity index (χ1v) is 9.64. The lowest BCUT2D eigenvalue weighted by atomic mass is 10.1. The quantitative estimate of drug-likeness (QED) is 0.844. The SMILES string of the molecule is O=C(CCNC1CCCCCC1)N1CCN(c2ccccc2)CC1. The van der Waals surface area contributed by atoms with Gasteiger partial charge in [0.25, 0.3) is 0 Å². The van der Waals surface area contributed by atoms with Crippen LogP contribution in [0.25, 0.3) is 0 Å². The van der Waals surface area contributed by atoms with Crippen molar-refractivity contribution >= 4 is 11.6 Å². The zero-order chi connectivity index (χ0) is 16.6. The largest absolute Gasteiger partial charge is 0.368 e. The fraction of sp³-hybridized carbons (Fsp3) is 0.650. The molecule has 0 bridgehead atoms. The standard InChI is InChI=1S/C20H31N3O/c24-20(12-13-21-18-8-4-1-2-5-9-18)23-16-14-22(15-17-23)19-10-6-3-7-11-19/h3,6-7,10-11,18,21H,1-2,4-5,8-9,12-17H2. The van der Waals surface area contributed by atoms with E-state index in [1.807, 2.05) is 11.0 Å². The van der Waals surface area contributed by atoms with E-state index in [0.29, 0.717) is 18.4 Å². The van der Waals surface area contributed by atoms with Gasteiger partial charge in [-0.05, 0) is 25.0 Å². The maximum atomic E-state index is 12.4. The first-order valence-electron chi connectivity index (χ1n) is 9.64. The molecule has 1 saturated heterocycles. The van der Waals surface area contributed by atoms with Gasteiger partial charge in [0.05, 0.1) is 0 Å². The summed E-state index contributed by atoms with van der Waals surface area (Å²) in [7, 11) is 0. The van der Waals surface area contributed by atoms with Crippen molar-refractivity contribution in [2.24, 2.45) is 0 Å². The normalized spacial score (nSPS) is 20.0. The first kappa shape index (κ1) is 17.3. The van der Waals surface area contributed by atoms with Crippen LogP contribution in [-0.2, 0) is 4.79 Å².